The number of hydrogen-bond donors (Lipinski definition) is 0. The number of pyridine rings is 1. The van der Waals surface area contributed by atoms with Crippen molar-refractivity contribution in [3.63, 3.8) is 0 Å². The van der Waals surface area contributed by atoms with E-state index < -0.39 is 0 Å². The molecule has 0 N–H and O–H groups in total. The van der Waals surface area contributed by atoms with Crippen molar-refractivity contribution in [2.75, 3.05) is 10.1 Å². The molecule has 0 saturated heterocycles. The number of anilines is 1. The zero-order valence-electron chi connectivity index (χ0n) is 10.1. The van der Waals surface area contributed by atoms with Gasteiger partial charge in [0.1, 0.15) is 11.4 Å². The van der Waals surface area contributed by atoms with Gasteiger partial charge in [-0.1, -0.05) is 25.1 Å². The van der Waals surface area contributed by atoms with Crippen LogP contribution < -0.4 is 9.04 Å². The minimum atomic E-state index is -0.131. The molecular weight excluding hydrogens is 244 g/mol. The highest BCUT2D eigenvalue weighted by Crippen LogP contribution is 2.46. The molecule has 1 unspecified atom stereocenters. The van der Waals surface area contributed by atoms with Crippen LogP contribution in [0.15, 0.2) is 48.7 Å². The Hall–Kier alpha value is -1.68. The smallest absolute Gasteiger partial charge is 0.225 e. The maximum Gasteiger partial charge on any atom is 0.225 e. The lowest BCUT2D eigenvalue weighted by Crippen LogP contribution is -2.21. The van der Waals surface area contributed by atoms with Gasteiger partial charge in [0, 0.05) is 11.9 Å². The molecular formula is C14H14N2OS. The molecule has 3 nitrogen and oxygen atoms in total. The standard InChI is InChI=1S/C14H14N2OS/c1-2-18-16-12-8-3-4-9-13(12)17-14(16)11-7-5-6-10-15-11/h3-10,14H,2H2,1H3. The molecule has 1 aromatic heterocycles. The van der Waals surface area contributed by atoms with E-state index in [4.69, 9.17) is 4.74 Å². The Balaban J connectivity index is 1.98. The molecule has 18 heavy (non-hydrogen) atoms. The third-order valence-corrected chi connectivity index (χ3v) is 3.69. The average molecular weight is 258 g/mol. The summed E-state index contributed by atoms with van der Waals surface area (Å²) in [4.78, 5) is 4.40. The molecule has 0 bridgehead atoms. The number of ether oxygens (including phenoxy) is 1. The topological polar surface area (TPSA) is 25.4 Å². The Bertz CT molecular complexity index is 532. The maximum absolute atomic E-state index is 6.00. The number of nitrogens with zero attached hydrogens (tertiary/aromatic N) is 2. The second-order valence-electron chi connectivity index (χ2n) is 3.94. The number of rotatable bonds is 3. The number of para-hydroxylation sites is 2. The Morgan fingerprint density at radius 2 is 2.06 bits per heavy atom. The lowest BCUT2D eigenvalue weighted by molar-refractivity contribution is 0.242. The van der Waals surface area contributed by atoms with Crippen LogP contribution in [0.1, 0.15) is 18.8 Å². The van der Waals surface area contributed by atoms with Crippen LogP contribution in [-0.2, 0) is 0 Å². The van der Waals surface area contributed by atoms with Gasteiger partial charge in [0.25, 0.3) is 0 Å². The molecule has 0 fully saturated rings. The number of benzene rings is 1. The van der Waals surface area contributed by atoms with Crippen molar-refractivity contribution in [1.82, 2.24) is 4.98 Å². The highest BCUT2D eigenvalue weighted by Gasteiger charge is 2.32. The van der Waals surface area contributed by atoms with Crippen LogP contribution in [0.5, 0.6) is 5.75 Å². The highest BCUT2D eigenvalue weighted by atomic mass is 32.2. The van der Waals surface area contributed by atoms with Crippen LogP contribution in [0.4, 0.5) is 5.69 Å². The van der Waals surface area contributed by atoms with Gasteiger partial charge in [-0.2, -0.15) is 0 Å². The first kappa shape index (κ1) is 11.4. The van der Waals surface area contributed by atoms with Gasteiger partial charge in [-0.3, -0.25) is 9.29 Å². The summed E-state index contributed by atoms with van der Waals surface area (Å²) in [5.41, 5.74) is 2.06. The second-order valence-corrected chi connectivity index (χ2v) is 5.17. The predicted octanol–water partition coefficient (Wildman–Crippen LogP) is 3.65. The molecule has 1 atom stereocenters. The van der Waals surface area contributed by atoms with E-state index in [1.54, 1.807) is 18.1 Å². The monoisotopic (exact) mass is 258 g/mol. The van der Waals surface area contributed by atoms with Gasteiger partial charge < -0.3 is 4.74 Å². The van der Waals surface area contributed by atoms with Crippen molar-refractivity contribution in [3.8, 4) is 5.75 Å². The van der Waals surface area contributed by atoms with Crippen molar-refractivity contribution in [3.05, 3.63) is 54.4 Å². The second kappa shape index (κ2) is 4.90. The maximum atomic E-state index is 6.00. The van der Waals surface area contributed by atoms with Gasteiger partial charge in [-0.25, -0.2) is 0 Å². The van der Waals surface area contributed by atoms with E-state index >= 15 is 0 Å². The molecule has 0 radical (unpaired) electrons. The summed E-state index contributed by atoms with van der Waals surface area (Å²) < 4.78 is 8.19. The number of aromatic nitrogens is 1. The van der Waals surface area contributed by atoms with Crippen LogP contribution in [-0.4, -0.2) is 10.7 Å². The molecule has 92 valence electrons. The van der Waals surface area contributed by atoms with E-state index in [-0.39, 0.29) is 6.23 Å². The number of hydrogen-bond acceptors (Lipinski definition) is 4. The van der Waals surface area contributed by atoms with Gasteiger partial charge in [0.05, 0.1) is 5.69 Å². The largest absolute Gasteiger partial charge is 0.461 e. The van der Waals surface area contributed by atoms with Crippen molar-refractivity contribution in [2.45, 2.75) is 13.2 Å². The summed E-state index contributed by atoms with van der Waals surface area (Å²) in [6, 6.07) is 14.0. The van der Waals surface area contributed by atoms with Gasteiger partial charge in [-0.15, -0.1) is 0 Å². The molecule has 1 aromatic carbocycles. The predicted molar refractivity (Wildman–Crippen MR) is 74.7 cm³/mol. The van der Waals surface area contributed by atoms with Crippen LogP contribution >= 0.6 is 11.9 Å². The molecule has 1 aliphatic heterocycles. The van der Waals surface area contributed by atoms with Crippen LogP contribution in [0, 0.1) is 0 Å². The molecule has 0 saturated carbocycles. The zero-order chi connectivity index (χ0) is 12.4. The molecule has 0 amide bonds. The summed E-state index contributed by atoms with van der Waals surface area (Å²) in [6.07, 6.45) is 1.67. The quantitative estimate of drug-likeness (QED) is 0.785. The summed E-state index contributed by atoms with van der Waals surface area (Å²) in [5, 5.41) is 0. The van der Waals surface area contributed by atoms with Gasteiger partial charge >= 0.3 is 0 Å². The normalized spacial score (nSPS) is 17.4. The van der Waals surface area contributed by atoms with Crippen LogP contribution in [0.2, 0.25) is 0 Å². The van der Waals surface area contributed by atoms with Crippen molar-refractivity contribution < 1.29 is 4.74 Å². The first-order valence-corrected chi connectivity index (χ1v) is 6.93. The Labute approximate surface area is 111 Å². The molecule has 4 heteroatoms. The van der Waals surface area contributed by atoms with E-state index in [0.717, 1.165) is 22.9 Å². The fraction of sp³-hybridized carbons (Fsp3) is 0.214. The minimum absolute atomic E-state index is 0.131. The lowest BCUT2D eigenvalue weighted by atomic mass is 10.3. The first-order chi connectivity index (χ1) is 8.90. The third-order valence-electron chi connectivity index (χ3n) is 2.76. The van der Waals surface area contributed by atoms with Crippen molar-refractivity contribution in [1.29, 1.82) is 0 Å². The zero-order valence-corrected chi connectivity index (χ0v) is 10.9. The Kier molecular flexibility index (Phi) is 3.11. The fourth-order valence-corrected chi connectivity index (χ4v) is 2.87. The van der Waals surface area contributed by atoms with Crippen LogP contribution in [0.3, 0.4) is 0 Å². The van der Waals surface area contributed by atoms with Gasteiger partial charge in [-0.05, 0) is 36.2 Å². The minimum Gasteiger partial charge on any atom is -0.461 e. The van der Waals surface area contributed by atoms with Crippen LogP contribution in [0.25, 0.3) is 0 Å². The van der Waals surface area contributed by atoms with Crippen molar-refractivity contribution >= 4 is 17.6 Å². The third kappa shape index (κ3) is 1.93. The molecule has 0 aliphatic carbocycles. The van der Waals surface area contributed by atoms with E-state index in [1.807, 2.05) is 36.4 Å². The molecule has 3 rings (SSSR count). The molecule has 0 spiro atoms. The van der Waals surface area contributed by atoms with E-state index in [1.165, 1.54) is 0 Å². The lowest BCUT2D eigenvalue weighted by Gasteiger charge is -2.22. The molecule has 2 aromatic rings. The Morgan fingerprint density at radius 3 is 2.83 bits per heavy atom. The summed E-state index contributed by atoms with van der Waals surface area (Å²) in [6.45, 7) is 2.14. The summed E-state index contributed by atoms with van der Waals surface area (Å²) in [7, 11) is 0. The summed E-state index contributed by atoms with van der Waals surface area (Å²) in [5.74, 6) is 1.93. The number of fused-ring (bicyclic) bond motifs is 1. The SMILES string of the molecule is CCSN1c2ccccc2OC1c1ccccn1. The highest BCUT2D eigenvalue weighted by molar-refractivity contribution is 8.00. The average Bonchev–Trinajstić information content (AvgIpc) is 2.80. The van der Waals surface area contributed by atoms with E-state index in [2.05, 4.69) is 22.3 Å². The Morgan fingerprint density at radius 1 is 1.22 bits per heavy atom. The molecule has 1 aliphatic rings. The van der Waals surface area contributed by atoms with E-state index in [9.17, 15) is 0 Å². The van der Waals surface area contributed by atoms with E-state index in [0.29, 0.717) is 0 Å². The fourth-order valence-electron chi connectivity index (χ4n) is 2.01. The van der Waals surface area contributed by atoms with Gasteiger partial charge in [0.2, 0.25) is 6.23 Å². The van der Waals surface area contributed by atoms with Crippen molar-refractivity contribution in [2.24, 2.45) is 0 Å². The first-order valence-electron chi connectivity index (χ1n) is 5.99. The van der Waals surface area contributed by atoms with Gasteiger partial charge in [0.15, 0.2) is 0 Å². The summed E-state index contributed by atoms with van der Waals surface area (Å²) >= 11 is 1.75. The molecule has 2 heterocycles.